The topological polar surface area (TPSA) is 20.2 Å². The van der Waals surface area contributed by atoms with Gasteiger partial charge in [0.05, 0.1) is 0 Å². The molecule has 1 aromatic carbocycles. The van der Waals surface area contributed by atoms with Gasteiger partial charge >= 0.3 is 29.6 Å². The Kier molecular flexibility index (Phi) is 5.65. The quantitative estimate of drug-likeness (QED) is 0.576. The first-order valence-corrected chi connectivity index (χ1v) is 3.61. The standard InChI is InChI=1S/C9H12O.Na.H/c1-2-5-8-6-3-4-7-9(8)10;;/h3-4,6-7,10H,2,5H2,1H3;;/q;+1;-1. The molecular formula is C9H13NaO. The summed E-state index contributed by atoms with van der Waals surface area (Å²) in [5.74, 6) is 0.421. The predicted octanol–water partition coefficient (Wildman–Crippen LogP) is -0.539. The SMILES string of the molecule is CCCc1ccccc1O.[H-].[Na+]. The fourth-order valence-corrected chi connectivity index (χ4v) is 0.992. The Hall–Kier alpha value is 0.0200. The molecule has 0 heterocycles. The summed E-state index contributed by atoms with van der Waals surface area (Å²) < 4.78 is 0. The Morgan fingerprint density at radius 2 is 2.00 bits per heavy atom. The molecule has 1 nitrogen and oxygen atoms in total. The van der Waals surface area contributed by atoms with E-state index in [4.69, 9.17) is 0 Å². The molecule has 0 aliphatic rings. The van der Waals surface area contributed by atoms with Crippen LogP contribution in [0.3, 0.4) is 0 Å². The van der Waals surface area contributed by atoms with Crippen molar-refractivity contribution >= 4 is 0 Å². The Morgan fingerprint density at radius 3 is 2.55 bits per heavy atom. The summed E-state index contributed by atoms with van der Waals surface area (Å²) in [5, 5.41) is 9.24. The smallest absolute Gasteiger partial charge is 1.00 e. The first-order chi connectivity index (χ1) is 4.84. The number of aromatic hydroxyl groups is 1. The molecule has 1 rings (SSSR count). The Balaban J connectivity index is 0. The van der Waals surface area contributed by atoms with E-state index in [1.54, 1.807) is 6.07 Å². The minimum Gasteiger partial charge on any atom is -1.00 e. The zero-order valence-electron chi connectivity index (χ0n) is 8.17. The van der Waals surface area contributed by atoms with Crippen LogP contribution in [0.15, 0.2) is 24.3 Å². The average Bonchev–Trinajstić information content (AvgIpc) is 1.94. The van der Waals surface area contributed by atoms with Crippen LogP contribution in [0.2, 0.25) is 0 Å². The third-order valence-corrected chi connectivity index (χ3v) is 1.51. The Bertz CT molecular complexity index is 215. The summed E-state index contributed by atoms with van der Waals surface area (Å²) >= 11 is 0. The van der Waals surface area contributed by atoms with Gasteiger partial charge in [0.1, 0.15) is 5.75 Å². The van der Waals surface area contributed by atoms with Crippen molar-refractivity contribution in [3.05, 3.63) is 29.8 Å². The predicted molar refractivity (Wildman–Crippen MR) is 43.2 cm³/mol. The minimum absolute atomic E-state index is 0. The first kappa shape index (κ1) is 11.0. The number of aryl methyl sites for hydroxylation is 1. The zero-order chi connectivity index (χ0) is 7.40. The van der Waals surface area contributed by atoms with Crippen molar-refractivity contribution in [1.82, 2.24) is 0 Å². The van der Waals surface area contributed by atoms with E-state index in [1.807, 2.05) is 18.2 Å². The second kappa shape index (κ2) is 5.64. The summed E-state index contributed by atoms with van der Waals surface area (Å²) in [6.07, 6.45) is 2.05. The summed E-state index contributed by atoms with van der Waals surface area (Å²) in [6, 6.07) is 7.48. The summed E-state index contributed by atoms with van der Waals surface area (Å²) in [6.45, 7) is 2.10. The molecule has 0 saturated heterocycles. The molecule has 0 unspecified atom stereocenters. The van der Waals surface area contributed by atoms with Crippen LogP contribution in [-0.2, 0) is 6.42 Å². The summed E-state index contributed by atoms with van der Waals surface area (Å²) in [5.41, 5.74) is 1.05. The fourth-order valence-electron chi connectivity index (χ4n) is 0.992. The average molecular weight is 160 g/mol. The van der Waals surface area contributed by atoms with Crippen molar-refractivity contribution in [3.63, 3.8) is 0 Å². The van der Waals surface area contributed by atoms with Gasteiger partial charge < -0.3 is 6.53 Å². The van der Waals surface area contributed by atoms with Gasteiger partial charge in [-0.3, -0.25) is 0 Å². The van der Waals surface area contributed by atoms with Crippen molar-refractivity contribution in [3.8, 4) is 5.75 Å². The Morgan fingerprint density at radius 1 is 1.36 bits per heavy atom. The van der Waals surface area contributed by atoms with Crippen LogP contribution in [0.25, 0.3) is 0 Å². The van der Waals surface area contributed by atoms with E-state index in [1.165, 1.54) is 0 Å². The number of hydrogen-bond donors (Lipinski definition) is 1. The summed E-state index contributed by atoms with van der Waals surface area (Å²) in [7, 11) is 0. The molecule has 0 aromatic heterocycles. The summed E-state index contributed by atoms with van der Waals surface area (Å²) in [4.78, 5) is 0. The van der Waals surface area contributed by atoms with Gasteiger partial charge in [-0.15, -0.1) is 0 Å². The molecule has 0 amide bonds. The molecule has 56 valence electrons. The van der Waals surface area contributed by atoms with Gasteiger partial charge in [0.15, 0.2) is 0 Å². The first-order valence-electron chi connectivity index (χ1n) is 3.61. The van der Waals surface area contributed by atoms with Gasteiger partial charge in [0.25, 0.3) is 0 Å². The van der Waals surface area contributed by atoms with E-state index in [0.29, 0.717) is 5.75 Å². The normalized spacial score (nSPS) is 8.82. The maximum Gasteiger partial charge on any atom is 1.00 e. The van der Waals surface area contributed by atoms with Gasteiger partial charge in [-0.25, -0.2) is 0 Å². The van der Waals surface area contributed by atoms with Gasteiger partial charge in [-0.05, 0) is 18.1 Å². The van der Waals surface area contributed by atoms with E-state index in [-0.39, 0.29) is 31.0 Å². The van der Waals surface area contributed by atoms with E-state index in [0.717, 1.165) is 18.4 Å². The van der Waals surface area contributed by atoms with Gasteiger partial charge in [-0.1, -0.05) is 31.5 Å². The monoisotopic (exact) mass is 160 g/mol. The molecule has 0 atom stereocenters. The van der Waals surface area contributed by atoms with Crippen LogP contribution in [0.5, 0.6) is 5.75 Å². The van der Waals surface area contributed by atoms with Gasteiger partial charge in [0.2, 0.25) is 0 Å². The van der Waals surface area contributed by atoms with Crippen LogP contribution in [0.4, 0.5) is 0 Å². The second-order valence-corrected chi connectivity index (χ2v) is 2.38. The molecule has 1 N–H and O–H groups in total. The van der Waals surface area contributed by atoms with Crippen LogP contribution < -0.4 is 29.6 Å². The molecular weight excluding hydrogens is 147 g/mol. The zero-order valence-corrected chi connectivity index (χ0v) is 9.17. The largest absolute Gasteiger partial charge is 1.00 e. The molecule has 0 spiro atoms. The number of phenolic OH excluding ortho intramolecular Hbond substituents is 1. The maximum absolute atomic E-state index is 9.24. The molecule has 0 radical (unpaired) electrons. The molecule has 11 heavy (non-hydrogen) atoms. The van der Waals surface area contributed by atoms with Gasteiger partial charge in [0, 0.05) is 0 Å². The van der Waals surface area contributed by atoms with Crippen LogP contribution in [0.1, 0.15) is 20.3 Å². The molecule has 0 bridgehead atoms. The Labute approximate surface area is 91.2 Å². The van der Waals surface area contributed by atoms with E-state index in [9.17, 15) is 5.11 Å². The molecule has 0 aliphatic heterocycles. The van der Waals surface area contributed by atoms with Crippen molar-refractivity contribution in [2.75, 3.05) is 0 Å². The number of phenols is 1. The van der Waals surface area contributed by atoms with Crippen LogP contribution in [0, 0.1) is 0 Å². The number of para-hydroxylation sites is 1. The third-order valence-electron chi connectivity index (χ3n) is 1.51. The van der Waals surface area contributed by atoms with Crippen LogP contribution in [-0.4, -0.2) is 5.11 Å². The number of rotatable bonds is 2. The second-order valence-electron chi connectivity index (χ2n) is 2.38. The van der Waals surface area contributed by atoms with Crippen molar-refractivity contribution in [1.29, 1.82) is 0 Å². The fraction of sp³-hybridized carbons (Fsp3) is 0.333. The van der Waals surface area contributed by atoms with Crippen molar-refractivity contribution in [2.24, 2.45) is 0 Å². The molecule has 1 aromatic rings. The van der Waals surface area contributed by atoms with E-state index in [2.05, 4.69) is 6.92 Å². The molecule has 0 fully saturated rings. The molecule has 0 saturated carbocycles. The van der Waals surface area contributed by atoms with Crippen molar-refractivity contribution < 1.29 is 36.1 Å². The van der Waals surface area contributed by atoms with Crippen LogP contribution >= 0.6 is 0 Å². The molecule has 2 heteroatoms. The number of hydrogen-bond acceptors (Lipinski definition) is 1. The van der Waals surface area contributed by atoms with E-state index >= 15 is 0 Å². The van der Waals surface area contributed by atoms with E-state index < -0.39 is 0 Å². The van der Waals surface area contributed by atoms with Crippen molar-refractivity contribution in [2.45, 2.75) is 19.8 Å². The maximum atomic E-state index is 9.24. The van der Waals surface area contributed by atoms with Gasteiger partial charge in [-0.2, -0.15) is 0 Å². The minimum atomic E-state index is 0. The third kappa shape index (κ3) is 3.28. The number of benzene rings is 1. The molecule has 0 aliphatic carbocycles.